The topological polar surface area (TPSA) is 29.5 Å². The molecule has 0 heterocycles. The quantitative estimate of drug-likeness (QED) is 0.227. The molecule has 0 fully saturated rings. The summed E-state index contributed by atoms with van der Waals surface area (Å²) in [7, 11) is 0. The van der Waals surface area contributed by atoms with Crippen LogP contribution < -0.4 is 0 Å². The van der Waals surface area contributed by atoms with Crippen LogP contribution in [0.2, 0.25) is 0 Å². The molecule has 0 aromatic rings. The van der Waals surface area contributed by atoms with Crippen LogP contribution in [-0.2, 0) is 4.89 Å². The number of hydrogen-bond donors (Lipinski definition) is 1. The standard InChI is InChI=1S/C17H36O2/c1-4-7-8-9-10-11-12-13-16-17(19-18,14-5-2)15-6-3/h18H,4-16H2,1-3H3. The number of hydrogen-bond acceptors (Lipinski definition) is 2. The zero-order valence-electron chi connectivity index (χ0n) is 13.5. The molecule has 0 radical (unpaired) electrons. The molecule has 2 heteroatoms. The number of rotatable bonds is 14. The van der Waals surface area contributed by atoms with Gasteiger partial charge in [-0.1, -0.05) is 85.0 Å². The van der Waals surface area contributed by atoms with E-state index in [2.05, 4.69) is 20.8 Å². The first-order valence-electron chi connectivity index (χ1n) is 8.57. The molecule has 0 saturated carbocycles. The Hall–Kier alpha value is -0.0800. The van der Waals surface area contributed by atoms with Gasteiger partial charge in [-0.2, -0.15) is 0 Å². The second kappa shape index (κ2) is 12.9. The summed E-state index contributed by atoms with van der Waals surface area (Å²) in [5, 5.41) is 9.24. The highest BCUT2D eigenvalue weighted by atomic mass is 17.1. The maximum absolute atomic E-state index is 9.24. The second-order valence-corrected chi connectivity index (χ2v) is 6.00. The van der Waals surface area contributed by atoms with Crippen LogP contribution in [0.3, 0.4) is 0 Å². The molecule has 0 spiro atoms. The molecule has 0 bridgehead atoms. The van der Waals surface area contributed by atoms with Crippen molar-refractivity contribution in [3.63, 3.8) is 0 Å². The van der Waals surface area contributed by atoms with E-state index in [4.69, 9.17) is 4.89 Å². The van der Waals surface area contributed by atoms with Gasteiger partial charge in [0.05, 0.1) is 0 Å². The van der Waals surface area contributed by atoms with Crippen LogP contribution in [0.5, 0.6) is 0 Å². The Morgan fingerprint density at radius 2 is 1.11 bits per heavy atom. The highest BCUT2D eigenvalue weighted by Gasteiger charge is 2.29. The molecule has 0 aromatic carbocycles. The lowest BCUT2D eigenvalue weighted by Crippen LogP contribution is -2.31. The fourth-order valence-electron chi connectivity index (χ4n) is 3.00. The molecule has 0 amide bonds. The minimum atomic E-state index is -0.258. The van der Waals surface area contributed by atoms with Gasteiger partial charge < -0.3 is 0 Å². The fourth-order valence-corrected chi connectivity index (χ4v) is 3.00. The van der Waals surface area contributed by atoms with Crippen LogP contribution in [0.4, 0.5) is 0 Å². The maximum atomic E-state index is 9.24. The van der Waals surface area contributed by atoms with Gasteiger partial charge in [0.2, 0.25) is 0 Å². The summed E-state index contributed by atoms with van der Waals surface area (Å²) in [6.07, 6.45) is 15.8. The van der Waals surface area contributed by atoms with Crippen molar-refractivity contribution in [3.8, 4) is 0 Å². The molecule has 0 rings (SSSR count). The summed E-state index contributed by atoms with van der Waals surface area (Å²) in [5.74, 6) is 0. The van der Waals surface area contributed by atoms with Crippen molar-refractivity contribution in [1.29, 1.82) is 0 Å². The molecule has 19 heavy (non-hydrogen) atoms. The predicted molar refractivity (Wildman–Crippen MR) is 83.5 cm³/mol. The highest BCUT2D eigenvalue weighted by molar-refractivity contribution is 4.78. The van der Waals surface area contributed by atoms with Gasteiger partial charge in [-0.25, -0.2) is 4.89 Å². The third-order valence-electron chi connectivity index (χ3n) is 4.09. The van der Waals surface area contributed by atoms with Crippen LogP contribution in [0.15, 0.2) is 0 Å². The van der Waals surface area contributed by atoms with Crippen molar-refractivity contribution in [3.05, 3.63) is 0 Å². The molecule has 2 nitrogen and oxygen atoms in total. The average molecular weight is 272 g/mol. The Morgan fingerprint density at radius 3 is 1.53 bits per heavy atom. The lowest BCUT2D eigenvalue weighted by atomic mass is 9.87. The van der Waals surface area contributed by atoms with E-state index in [1.165, 1.54) is 51.4 Å². The van der Waals surface area contributed by atoms with E-state index in [1.807, 2.05) is 0 Å². The molecule has 0 aliphatic heterocycles. The first-order chi connectivity index (χ1) is 9.24. The zero-order valence-corrected chi connectivity index (χ0v) is 13.5. The van der Waals surface area contributed by atoms with Gasteiger partial charge in [-0.3, -0.25) is 5.26 Å². The Balaban J connectivity index is 3.68. The molecular weight excluding hydrogens is 236 g/mol. The summed E-state index contributed by atoms with van der Waals surface area (Å²) >= 11 is 0. The van der Waals surface area contributed by atoms with Gasteiger partial charge in [0.25, 0.3) is 0 Å². The first kappa shape index (κ1) is 18.9. The van der Waals surface area contributed by atoms with Crippen molar-refractivity contribution < 1.29 is 10.1 Å². The molecule has 1 N–H and O–H groups in total. The number of unbranched alkanes of at least 4 members (excludes halogenated alkanes) is 7. The van der Waals surface area contributed by atoms with Crippen molar-refractivity contribution >= 4 is 0 Å². The molecule has 0 aliphatic carbocycles. The van der Waals surface area contributed by atoms with Gasteiger partial charge in [0.1, 0.15) is 5.60 Å². The van der Waals surface area contributed by atoms with Gasteiger partial charge in [-0.05, 0) is 19.3 Å². The molecular formula is C17H36O2. The van der Waals surface area contributed by atoms with E-state index in [1.54, 1.807) is 0 Å². The second-order valence-electron chi connectivity index (χ2n) is 6.00. The molecule has 0 unspecified atom stereocenters. The van der Waals surface area contributed by atoms with E-state index in [9.17, 15) is 5.26 Å². The van der Waals surface area contributed by atoms with Crippen LogP contribution in [0.25, 0.3) is 0 Å². The average Bonchev–Trinajstić information content (AvgIpc) is 2.42. The molecule has 0 saturated heterocycles. The van der Waals surface area contributed by atoms with E-state index < -0.39 is 0 Å². The molecule has 0 aromatic heterocycles. The SMILES string of the molecule is CCCCCCCCCCC(CCC)(CCC)OO. The predicted octanol–water partition coefficient (Wildman–Crippen LogP) is 6.35. The fraction of sp³-hybridized carbons (Fsp3) is 1.00. The van der Waals surface area contributed by atoms with Gasteiger partial charge >= 0.3 is 0 Å². The third-order valence-corrected chi connectivity index (χ3v) is 4.09. The van der Waals surface area contributed by atoms with Crippen LogP contribution in [0.1, 0.15) is 104 Å². The van der Waals surface area contributed by atoms with E-state index in [0.717, 1.165) is 32.1 Å². The van der Waals surface area contributed by atoms with Crippen molar-refractivity contribution in [2.75, 3.05) is 0 Å². The summed E-state index contributed by atoms with van der Waals surface area (Å²) in [4.78, 5) is 4.88. The third kappa shape index (κ3) is 9.45. The highest BCUT2D eigenvalue weighted by Crippen LogP contribution is 2.29. The van der Waals surface area contributed by atoms with Crippen molar-refractivity contribution in [1.82, 2.24) is 0 Å². The van der Waals surface area contributed by atoms with E-state index >= 15 is 0 Å². The van der Waals surface area contributed by atoms with Crippen molar-refractivity contribution in [2.45, 2.75) is 110 Å². The monoisotopic (exact) mass is 272 g/mol. The first-order valence-corrected chi connectivity index (χ1v) is 8.57. The lowest BCUT2D eigenvalue weighted by Gasteiger charge is -2.30. The smallest absolute Gasteiger partial charge is 0.103 e. The van der Waals surface area contributed by atoms with Gasteiger partial charge in [0, 0.05) is 0 Å². The maximum Gasteiger partial charge on any atom is 0.103 e. The lowest BCUT2D eigenvalue weighted by molar-refractivity contribution is -0.329. The van der Waals surface area contributed by atoms with Crippen LogP contribution in [-0.4, -0.2) is 10.9 Å². The van der Waals surface area contributed by atoms with Crippen molar-refractivity contribution in [2.24, 2.45) is 0 Å². The summed E-state index contributed by atoms with van der Waals surface area (Å²) < 4.78 is 0. The Morgan fingerprint density at radius 1 is 0.632 bits per heavy atom. The normalized spacial score (nSPS) is 12.0. The molecule has 116 valence electrons. The van der Waals surface area contributed by atoms with Crippen LogP contribution in [0, 0.1) is 0 Å². The Labute approximate surface area is 120 Å². The summed E-state index contributed by atoms with van der Waals surface area (Å²) in [6, 6.07) is 0. The largest absolute Gasteiger partial charge is 0.251 e. The Bertz CT molecular complexity index is 174. The van der Waals surface area contributed by atoms with Crippen LogP contribution >= 0.6 is 0 Å². The summed E-state index contributed by atoms with van der Waals surface area (Å²) in [6.45, 7) is 6.59. The summed E-state index contributed by atoms with van der Waals surface area (Å²) in [5.41, 5.74) is -0.258. The van der Waals surface area contributed by atoms with Gasteiger partial charge in [-0.15, -0.1) is 0 Å². The molecule has 0 atom stereocenters. The molecule has 0 aliphatic rings. The zero-order chi connectivity index (χ0) is 14.4. The van der Waals surface area contributed by atoms with Gasteiger partial charge in [0.15, 0.2) is 0 Å². The van der Waals surface area contributed by atoms with E-state index in [0.29, 0.717) is 0 Å². The minimum Gasteiger partial charge on any atom is -0.251 e. The Kier molecular flexibility index (Phi) is 12.9. The van der Waals surface area contributed by atoms with E-state index in [-0.39, 0.29) is 5.60 Å². The minimum absolute atomic E-state index is 0.258.